The van der Waals surface area contributed by atoms with Crippen LogP contribution in [-0.2, 0) is 12.8 Å². The van der Waals surface area contributed by atoms with Crippen LogP contribution < -0.4 is 10.6 Å². The molecule has 0 amide bonds. The molecular formula is C12H17N5S. The summed E-state index contributed by atoms with van der Waals surface area (Å²) in [5.74, 6) is 1.80. The van der Waals surface area contributed by atoms with Crippen molar-refractivity contribution in [3.63, 3.8) is 0 Å². The first kappa shape index (κ1) is 12.8. The minimum Gasteiger partial charge on any atom is -0.373 e. The van der Waals surface area contributed by atoms with Crippen molar-refractivity contribution in [2.45, 2.75) is 19.8 Å². The van der Waals surface area contributed by atoms with Gasteiger partial charge in [-0.3, -0.25) is 0 Å². The first-order valence-corrected chi connectivity index (χ1v) is 6.92. The Balaban J connectivity index is 2.00. The molecule has 0 aliphatic heterocycles. The second kappa shape index (κ2) is 6.30. The summed E-state index contributed by atoms with van der Waals surface area (Å²) >= 11 is 1.63. The SMILES string of the molecule is CCc1c(NC)ncnc1NCCc1cscn1. The van der Waals surface area contributed by atoms with Crippen molar-refractivity contribution in [3.8, 4) is 0 Å². The Hall–Kier alpha value is -1.69. The molecule has 2 N–H and O–H groups in total. The van der Waals surface area contributed by atoms with Crippen LogP contribution in [0.4, 0.5) is 11.6 Å². The fourth-order valence-electron chi connectivity index (χ4n) is 1.78. The summed E-state index contributed by atoms with van der Waals surface area (Å²) in [6, 6.07) is 0. The molecule has 18 heavy (non-hydrogen) atoms. The molecule has 0 aromatic carbocycles. The molecule has 0 saturated heterocycles. The van der Waals surface area contributed by atoms with Gasteiger partial charge in [-0.1, -0.05) is 6.92 Å². The maximum Gasteiger partial charge on any atom is 0.134 e. The van der Waals surface area contributed by atoms with E-state index in [1.165, 1.54) is 0 Å². The van der Waals surface area contributed by atoms with Crippen LogP contribution in [0.25, 0.3) is 0 Å². The molecule has 2 heterocycles. The lowest BCUT2D eigenvalue weighted by molar-refractivity contribution is 0.950. The van der Waals surface area contributed by atoms with Gasteiger partial charge in [0.15, 0.2) is 0 Å². The molecule has 2 aromatic rings. The zero-order valence-corrected chi connectivity index (χ0v) is 11.4. The number of nitrogens with one attached hydrogen (secondary N) is 2. The topological polar surface area (TPSA) is 62.7 Å². The third-order valence-corrected chi connectivity index (χ3v) is 3.33. The zero-order chi connectivity index (χ0) is 12.8. The highest BCUT2D eigenvalue weighted by Gasteiger charge is 2.07. The van der Waals surface area contributed by atoms with Gasteiger partial charge >= 0.3 is 0 Å². The number of nitrogens with zero attached hydrogens (tertiary/aromatic N) is 3. The molecule has 0 atom stereocenters. The van der Waals surface area contributed by atoms with E-state index in [4.69, 9.17) is 0 Å². The molecule has 0 spiro atoms. The minimum atomic E-state index is 0.830. The smallest absolute Gasteiger partial charge is 0.134 e. The molecule has 2 rings (SSSR count). The normalized spacial score (nSPS) is 10.3. The molecule has 0 aliphatic carbocycles. The van der Waals surface area contributed by atoms with Crippen LogP contribution in [-0.4, -0.2) is 28.5 Å². The van der Waals surface area contributed by atoms with Crippen LogP contribution in [0, 0.1) is 0 Å². The lowest BCUT2D eigenvalue weighted by atomic mass is 10.2. The number of rotatable bonds is 6. The molecule has 2 aromatic heterocycles. The van der Waals surface area contributed by atoms with Crippen LogP contribution in [0.3, 0.4) is 0 Å². The predicted octanol–water partition coefficient (Wildman–Crippen LogP) is 2.19. The maximum atomic E-state index is 4.30. The average molecular weight is 263 g/mol. The Kier molecular flexibility index (Phi) is 4.46. The summed E-state index contributed by atoms with van der Waals surface area (Å²) in [7, 11) is 1.88. The van der Waals surface area contributed by atoms with Crippen molar-refractivity contribution < 1.29 is 0 Å². The molecule has 5 nitrogen and oxygen atoms in total. The van der Waals surface area contributed by atoms with Crippen molar-refractivity contribution in [2.24, 2.45) is 0 Å². The van der Waals surface area contributed by atoms with Gasteiger partial charge < -0.3 is 10.6 Å². The third-order valence-electron chi connectivity index (χ3n) is 2.69. The summed E-state index contributed by atoms with van der Waals surface area (Å²) in [4.78, 5) is 12.8. The molecule has 6 heteroatoms. The van der Waals surface area contributed by atoms with E-state index in [1.807, 2.05) is 12.6 Å². The van der Waals surface area contributed by atoms with Crippen molar-refractivity contribution in [2.75, 3.05) is 24.2 Å². The van der Waals surface area contributed by atoms with Gasteiger partial charge in [0.2, 0.25) is 0 Å². The monoisotopic (exact) mass is 263 g/mol. The Morgan fingerprint density at radius 1 is 1.22 bits per heavy atom. The van der Waals surface area contributed by atoms with Gasteiger partial charge in [-0.05, 0) is 6.42 Å². The number of hydrogen-bond acceptors (Lipinski definition) is 6. The Morgan fingerprint density at radius 3 is 2.72 bits per heavy atom. The lowest BCUT2D eigenvalue weighted by Crippen LogP contribution is -2.10. The van der Waals surface area contributed by atoms with Gasteiger partial charge in [-0.15, -0.1) is 11.3 Å². The molecule has 0 unspecified atom stereocenters. The quantitative estimate of drug-likeness (QED) is 0.836. The van der Waals surface area contributed by atoms with Crippen molar-refractivity contribution in [1.29, 1.82) is 0 Å². The summed E-state index contributed by atoms with van der Waals surface area (Å²) in [5.41, 5.74) is 4.10. The molecule has 0 aliphatic rings. The molecule has 0 saturated carbocycles. The van der Waals surface area contributed by atoms with E-state index in [9.17, 15) is 0 Å². The number of aromatic nitrogens is 3. The van der Waals surface area contributed by atoms with Crippen molar-refractivity contribution >= 4 is 23.0 Å². The van der Waals surface area contributed by atoms with E-state index in [0.717, 1.165) is 42.3 Å². The van der Waals surface area contributed by atoms with Gasteiger partial charge in [-0.2, -0.15) is 0 Å². The van der Waals surface area contributed by atoms with Gasteiger partial charge in [0.1, 0.15) is 18.0 Å². The van der Waals surface area contributed by atoms with E-state index in [2.05, 4.69) is 37.9 Å². The first-order chi connectivity index (χ1) is 8.85. The van der Waals surface area contributed by atoms with Crippen LogP contribution >= 0.6 is 11.3 Å². The number of thiazole rings is 1. The number of hydrogen-bond donors (Lipinski definition) is 2. The van der Waals surface area contributed by atoms with Crippen LogP contribution in [0.1, 0.15) is 18.2 Å². The number of anilines is 2. The minimum absolute atomic E-state index is 0.830. The third kappa shape index (κ3) is 2.95. The maximum absolute atomic E-state index is 4.30. The van der Waals surface area contributed by atoms with E-state index in [0.29, 0.717) is 0 Å². The Morgan fingerprint density at radius 2 is 2.06 bits per heavy atom. The van der Waals surface area contributed by atoms with Gasteiger partial charge in [0.25, 0.3) is 0 Å². The molecular weight excluding hydrogens is 246 g/mol. The average Bonchev–Trinajstić information content (AvgIpc) is 2.91. The zero-order valence-electron chi connectivity index (χ0n) is 10.6. The molecule has 96 valence electrons. The van der Waals surface area contributed by atoms with E-state index >= 15 is 0 Å². The highest BCUT2D eigenvalue weighted by molar-refractivity contribution is 7.07. The molecule has 0 bridgehead atoms. The van der Waals surface area contributed by atoms with Gasteiger partial charge in [0, 0.05) is 31.0 Å². The first-order valence-electron chi connectivity index (χ1n) is 5.97. The van der Waals surface area contributed by atoms with E-state index in [-0.39, 0.29) is 0 Å². The van der Waals surface area contributed by atoms with Crippen LogP contribution in [0.15, 0.2) is 17.2 Å². The summed E-state index contributed by atoms with van der Waals surface area (Å²) in [6.07, 6.45) is 3.39. The van der Waals surface area contributed by atoms with Crippen molar-refractivity contribution in [1.82, 2.24) is 15.0 Å². The standard InChI is InChI=1S/C12H17N5S/c1-3-10-11(13-2)15-7-16-12(10)14-5-4-9-6-18-8-17-9/h6-8H,3-5H2,1-2H3,(H2,13,14,15,16). The highest BCUT2D eigenvalue weighted by Crippen LogP contribution is 2.19. The van der Waals surface area contributed by atoms with Crippen molar-refractivity contribution in [3.05, 3.63) is 28.5 Å². The van der Waals surface area contributed by atoms with Crippen LogP contribution in [0.2, 0.25) is 0 Å². The largest absolute Gasteiger partial charge is 0.373 e. The predicted molar refractivity (Wildman–Crippen MR) is 75.3 cm³/mol. The second-order valence-corrected chi connectivity index (χ2v) is 4.53. The second-order valence-electron chi connectivity index (χ2n) is 3.81. The Labute approximate surface area is 111 Å². The molecule has 0 radical (unpaired) electrons. The van der Waals surface area contributed by atoms with Gasteiger partial charge in [0.05, 0.1) is 11.2 Å². The fraction of sp³-hybridized carbons (Fsp3) is 0.417. The summed E-state index contributed by atoms with van der Waals surface area (Å²) < 4.78 is 0. The Bertz CT molecular complexity index is 483. The van der Waals surface area contributed by atoms with E-state index < -0.39 is 0 Å². The van der Waals surface area contributed by atoms with Crippen LogP contribution in [0.5, 0.6) is 0 Å². The summed E-state index contributed by atoms with van der Waals surface area (Å²) in [5, 5.41) is 8.51. The fourth-order valence-corrected chi connectivity index (χ4v) is 2.38. The van der Waals surface area contributed by atoms with Gasteiger partial charge in [-0.25, -0.2) is 15.0 Å². The summed E-state index contributed by atoms with van der Waals surface area (Å²) in [6.45, 7) is 2.93. The van der Waals surface area contributed by atoms with E-state index in [1.54, 1.807) is 17.7 Å². The molecule has 0 fully saturated rings. The lowest BCUT2D eigenvalue weighted by Gasteiger charge is -2.12. The highest BCUT2D eigenvalue weighted by atomic mass is 32.1.